The zero-order chi connectivity index (χ0) is 14.9. The number of pyridine rings is 1. The molecule has 4 aromatic rings. The Morgan fingerprint density at radius 1 is 0.955 bits per heavy atom. The second-order valence-electron chi connectivity index (χ2n) is 5.13. The van der Waals surface area contributed by atoms with Crippen LogP contribution in [0.2, 0.25) is 0 Å². The maximum Gasteiger partial charge on any atom is 0.191 e. The number of nitrogens with zero attached hydrogens (tertiary/aromatic N) is 4. The molecule has 0 saturated heterocycles. The van der Waals surface area contributed by atoms with Crippen LogP contribution in [0.3, 0.4) is 0 Å². The van der Waals surface area contributed by atoms with Gasteiger partial charge in [-0.05, 0) is 11.5 Å². The van der Waals surface area contributed by atoms with Crippen LogP contribution in [0, 0.1) is 0 Å². The van der Waals surface area contributed by atoms with Crippen LogP contribution in [-0.4, -0.2) is 19.7 Å². The highest BCUT2D eigenvalue weighted by Crippen LogP contribution is 2.29. The minimum absolute atomic E-state index is 0.776. The van der Waals surface area contributed by atoms with Crippen LogP contribution in [0.25, 0.3) is 21.7 Å². The Hall–Kier alpha value is -2.40. The Labute approximate surface area is 132 Å². The Morgan fingerprint density at radius 3 is 2.45 bits per heavy atom. The molecule has 2 heterocycles. The molecule has 0 fully saturated rings. The number of hydrogen-bond donors (Lipinski definition) is 0. The third kappa shape index (κ3) is 2.23. The molecular weight excluding hydrogens is 292 g/mol. The number of fused-ring (bicyclic) bond motifs is 3. The number of aryl methyl sites for hydroxylation is 1. The summed E-state index contributed by atoms with van der Waals surface area (Å²) in [5.74, 6) is 0.776. The van der Waals surface area contributed by atoms with E-state index < -0.39 is 0 Å². The number of benzene rings is 2. The van der Waals surface area contributed by atoms with Crippen molar-refractivity contribution in [2.45, 2.75) is 10.9 Å². The molecule has 0 aliphatic heterocycles. The summed E-state index contributed by atoms with van der Waals surface area (Å²) in [6.07, 6.45) is 1.72. The van der Waals surface area contributed by atoms with Gasteiger partial charge >= 0.3 is 0 Å². The monoisotopic (exact) mass is 306 g/mol. The second-order valence-corrected chi connectivity index (χ2v) is 6.08. The Kier molecular flexibility index (Phi) is 3.27. The second kappa shape index (κ2) is 5.42. The summed E-state index contributed by atoms with van der Waals surface area (Å²) in [4.78, 5) is 4.85. The fourth-order valence-electron chi connectivity index (χ4n) is 2.62. The SMILES string of the molecule is Cn1cnnc1SCc1nc2ccccc2c2ccccc12. The average molecular weight is 306 g/mol. The first kappa shape index (κ1) is 13.3. The molecule has 2 aromatic carbocycles. The minimum atomic E-state index is 0.776. The van der Waals surface area contributed by atoms with Crippen LogP contribution in [0.1, 0.15) is 5.69 Å². The maximum absolute atomic E-state index is 4.85. The first-order chi connectivity index (χ1) is 10.8. The molecule has 22 heavy (non-hydrogen) atoms. The van der Waals surface area contributed by atoms with E-state index in [1.807, 2.05) is 17.7 Å². The number of aromatic nitrogens is 4. The lowest BCUT2D eigenvalue weighted by atomic mass is 10.0. The molecule has 5 heteroatoms. The normalized spacial score (nSPS) is 11.3. The number of hydrogen-bond acceptors (Lipinski definition) is 4. The van der Waals surface area contributed by atoms with E-state index in [9.17, 15) is 0 Å². The molecule has 0 unspecified atom stereocenters. The van der Waals surface area contributed by atoms with Crippen LogP contribution in [0.5, 0.6) is 0 Å². The van der Waals surface area contributed by atoms with Crippen LogP contribution in [0.15, 0.2) is 60.0 Å². The van der Waals surface area contributed by atoms with Gasteiger partial charge in [0, 0.05) is 23.6 Å². The van der Waals surface area contributed by atoms with Gasteiger partial charge in [-0.25, -0.2) is 0 Å². The molecule has 4 nitrogen and oxygen atoms in total. The first-order valence-electron chi connectivity index (χ1n) is 7.06. The van der Waals surface area contributed by atoms with Crippen molar-refractivity contribution in [2.75, 3.05) is 0 Å². The molecule has 0 saturated carbocycles. The predicted octanol–water partition coefficient (Wildman–Crippen LogP) is 3.81. The molecule has 0 atom stereocenters. The van der Waals surface area contributed by atoms with Gasteiger partial charge in [-0.2, -0.15) is 0 Å². The molecule has 0 aliphatic rings. The first-order valence-corrected chi connectivity index (χ1v) is 8.04. The van der Waals surface area contributed by atoms with E-state index >= 15 is 0 Å². The molecule has 0 radical (unpaired) electrons. The standard InChI is InChI=1S/C17H14N4S/c1-21-11-18-20-17(21)22-10-16-14-8-3-2-6-12(14)13-7-4-5-9-15(13)19-16/h2-9,11H,10H2,1H3. The van der Waals surface area contributed by atoms with E-state index in [1.165, 1.54) is 16.2 Å². The summed E-state index contributed by atoms with van der Waals surface area (Å²) in [6, 6.07) is 16.7. The van der Waals surface area contributed by atoms with Gasteiger partial charge < -0.3 is 4.57 Å². The summed E-state index contributed by atoms with van der Waals surface area (Å²) < 4.78 is 1.92. The van der Waals surface area contributed by atoms with Crippen LogP contribution >= 0.6 is 11.8 Å². The molecule has 0 bridgehead atoms. The van der Waals surface area contributed by atoms with Crippen LogP contribution in [-0.2, 0) is 12.8 Å². The topological polar surface area (TPSA) is 43.6 Å². The van der Waals surface area contributed by atoms with Crippen molar-refractivity contribution in [1.29, 1.82) is 0 Å². The zero-order valence-electron chi connectivity index (χ0n) is 12.1. The van der Waals surface area contributed by atoms with Gasteiger partial charge in [-0.3, -0.25) is 4.98 Å². The highest BCUT2D eigenvalue weighted by Gasteiger charge is 2.09. The van der Waals surface area contributed by atoms with E-state index in [2.05, 4.69) is 52.7 Å². The highest BCUT2D eigenvalue weighted by molar-refractivity contribution is 7.98. The quantitative estimate of drug-likeness (QED) is 0.426. The van der Waals surface area contributed by atoms with E-state index in [0.717, 1.165) is 22.1 Å². The van der Waals surface area contributed by atoms with Crippen LogP contribution in [0.4, 0.5) is 0 Å². The third-order valence-electron chi connectivity index (χ3n) is 3.70. The molecule has 0 spiro atoms. The van der Waals surface area contributed by atoms with E-state index in [-0.39, 0.29) is 0 Å². The Bertz CT molecular complexity index is 961. The third-order valence-corrected chi connectivity index (χ3v) is 4.74. The molecule has 4 rings (SSSR count). The molecule has 2 aromatic heterocycles. The van der Waals surface area contributed by atoms with Crippen molar-refractivity contribution in [3.8, 4) is 0 Å². The van der Waals surface area contributed by atoms with Gasteiger partial charge in [-0.15, -0.1) is 10.2 Å². The van der Waals surface area contributed by atoms with E-state index in [0.29, 0.717) is 0 Å². The van der Waals surface area contributed by atoms with Crippen molar-refractivity contribution < 1.29 is 0 Å². The van der Waals surface area contributed by atoms with Gasteiger partial charge in [0.05, 0.1) is 11.2 Å². The van der Waals surface area contributed by atoms with E-state index in [1.54, 1.807) is 18.1 Å². The van der Waals surface area contributed by atoms with Gasteiger partial charge in [0.25, 0.3) is 0 Å². The number of rotatable bonds is 3. The van der Waals surface area contributed by atoms with Crippen molar-refractivity contribution in [3.63, 3.8) is 0 Å². The smallest absolute Gasteiger partial charge is 0.191 e. The fourth-order valence-corrected chi connectivity index (χ4v) is 3.46. The summed E-state index contributed by atoms with van der Waals surface area (Å²) in [5, 5.41) is 12.6. The average Bonchev–Trinajstić information content (AvgIpc) is 2.98. The minimum Gasteiger partial charge on any atom is -0.312 e. The molecule has 0 amide bonds. The zero-order valence-corrected chi connectivity index (χ0v) is 12.9. The maximum atomic E-state index is 4.85. The summed E-state index contributed by atoms with van der Waals surface area (Å²) in [5.41, 5.74) is 2.12. The largest absolute Gasteiger partial charge is 0.312 e. The van der Waals surface area contributed by atoms with E-state index in [4.69, 9.17) is 4.98 Å². The highest BCUT2D eigenvalue weighted by atomic mass is 32.2. The lowest BCUT2D eigenvalue weighted by Crippen LogP contribution is -1.94. The Balaban J connectivity index is 1.83. The lowest BCUT2D eigenvalue weighted by Gasteiger charge is -2.09. The molecule has 0 N–H and O–H groups in total. The molecule has 0 aliphatic carbocycles. The fraction of sp³-hybridized carbons (Fsp3) is 0.118. The summed E-state index contributed by atoms with van der Waals surface area (Å²) in [6.45, 7) is 0. The van der Waals surface area contributed by atoms with Crippen molar-refractivity contribution in [3.05, 3.63) is 60.6 Å². The van der Waals surface area contributed by atoms with Gasteiger partial charge in [0.1, 0.15) is 6.33 Å². The van der Waals surface area contributed by atoms with Gasteiger partial charge in [0.2, 0.25) is 0 Å². The number of para-hydroxylation sites is 1. The lowest BCUT2D eigenvalue weighted by molar-refractivity contribution is 0.788. The van der Waals surface area contributed by atoms with Crippen LogP contribution < -0.4 is 0 Å². The molecule has 108 valence electrons. The van der Waals surface area contributed by atoms with Crippen molar-refractivity contribution >= 4 is 33.4 Å². The van der Waals surface area contributed by atoms with Gasteiger partial charge in [-0.1, -0.05) is 54.2 Å². The van der Waals surface area contributed by atoms with Crippen molar-refractivity contribution in [2.24, 2.45) is 7.05 Å². The molecular formula is C17H14N4S. The van der Waals surface area contributed by atoms with Crippen molar-refractivity contribution in [1.82, 2.24) is 19.7 Å². The van der Waals surface area contributed by atoms with Gasteiger partial charge in [0.15, 0.2) is 5.16 Å². The predicted molar refractivity (Wildman–Crippen MR) is 89.8 cm³/mol. The number of thioether (sulfide) groups is 1. The summed E-state index contributed by atoms with van der Waals surface area (Å²) >= 11 is 1.66. The Morgan fingerprint density at radius 2 is 1.68 bits per heavy atom. The summed E-state index contributed by atoms with van der Waals surface area (Å²) in [7, 11) is 1.95.